The molecular formula is C11H16ClN3O3. The Labute approximate surface area is 110 Å². The first-order chi connectivity index (χ1) is 8.32. The number of carbonyl (C=O) groups is 2. The number of hydrogen-bond acceptors (Lipinski definition) is 3. The molecule has 100 valence electrons. The van der Waals surface area contributed by atoms with Gasteiger partial charge in [0.1, 0.15) is 6.04 Å². The molecule has 0 radical (unpaired) electrons. The molecule has 1 atom stereocenters. The van der Waals surface area contributed by atoms with Crippen molar-refractivity contribution in [3.63, 3.8) is 0 Å². The summed E-state index contributed by atoms with van der Waals surface area (Å²) >= 11 is 5.87. The molecule has 0 aliphatic heterocycles. The number of carbonyl (C=O) groups excluding carboxylic acids is 1. The van der Waals surface area contributed by atoms with Crippen LogP contribution in [0.2, 0.25) is 5.02 Å². The molecule has 1 rings (SSSR count). The lowest BCUT2D eigenvalue weighted by atomic mass is 10.0. The Morgan fingerprint density at radius 1 is 1.50 bits per heavy atom. The van der Waals surface area contributed by atoms with Crippen LogP contribution in [-0.4, -0.2) is 33.2 Å². The van der Waals surface area contributed by atoms with Crippen molar-refractivity contribution in [3.8, 4) is 0 Å². The van der Waals surface area contributed by atoms with E-state index in [0.717, 1.165) is 0 Å². The van der Waals surface area contributed by atoms with Crippen LogP contribution in [-0.2, 0) is 4.79 Å². The second-order valence-corrected chi connectivity index (χ2v) is 4.88. The van der Waals surface area contributed by atoms with Crippen molar-refractivity contribution in [1.82, 2.24) is 15.5 Å². The molecule has 3 N–H and O–H groups in total. The number of hydrogen-bond donors (Lipinski definition) is 3. The molecule has 7 heteroatoms. The standard InChI is InChI=1S/C11H16ClN3O3/c1-5(2)4-7(11(17)18)13-10(16)9-8(12)6(3)14-15-9/h5,7H,4H2,1-3H3,(H,13,16)(H,14,15)(H,17,18)/t7-/m0/s1. The van der Waals surface area contributed by atoms with Crippen LogP contribution in [0.5, 0.6) is 0 Å². The molecule has 0 fully saturated rings. The lowest BCUT2D eigenvalue weighted by Crippen LogP contribution is -2.41. The van der Waals surface area contributed by atoms with Crippen molar-refractivity contribution >= 4 is 23.5 Å². The van der Waals surface area contributed by atoms with Crippen molar-refractivity contribution in [3.05, 3.63) is 16.4 Å². The van der Waals surface area contributed by atoms with Crippen molar-refractivity contribution < 1.29 is 14.7 Å². The van der Waals surface area contributed by atoms with Gasteiger partial charge in [0.05, 0.1) is 10.7 Å². The SMILES string of the molecule is Cc1[nH]nc(C(=O)N[C@@H](CC(C)C)C(=O)O)c1Cl. The van der Waals surface area contributed by atoms with Crippen LogP contribution in [0.15, 0.2) is 0 Å². The highest BCUT2D eigenvalue weighted by Gasteiger charge is 2.24. The Morgan fingerprint density at radius 3 is 2.50 bits per heavy atom. The number of H-pyrrole nitrogens is 1. The van der Waals surface area contributed by atoms with Gasteiger partial charge in [-0.05, 0) is 19.3 Å². The number of halogens is 1. The summed E-state index contributed by atoms with van der Waals surface area (Å²) in [6, 6.07) is -0.939. The molecule has 0 aromatic carbocycles. The van der Waals surface area contributed by atoms with Gasteiger partial charge in [-0.25, -0.2) is 4.79 Å². The average Bonchev–Trinajstić information content (AvgIpc) is 2.58. The fraction of sp³-hybridized carbons (Fsp3) is 0.545. The molecule has 1 heterocycles. The Balaban J connectivity index is 2.79. The fourth-order valence-electron chi connectivity index (χ4n) is 1.49. The van der Waals surface area contributed by atoms with Crippen molar-refractivity contribution in [2.75, 3.05) is 0 Å². The van der Waals surface area contributed by atoms with Gasteiger partial charge in [-0.3, -0.25) is 9.89 Å². The maximum absolute atomic E-state index is 11.8. The predicted octanol–water partition coefficient (Wildman–Crippen LogP) is 1.60. The number of aromatic nitrogens is 2. The van der Waals surface area contributed by atoms with Crippen LogP contribution < -0.4 is 5.32 Å². The van der Waals surface area contributed by atoms with E-state index in [-0.39, 0.29) is 16.6 Å². The van der Waals surface area contributed by atoms with Crippen molar-refractivity contribution in [2.45, 2.75) is 33.2 Å². The number of carboxylic acids is 1. The number of aryl methyl sites for hydroxylation is 1. The molecule has 18 heavy (non-hydrogen) atoms. The second kappa shape index (κ2) is 5.86. The summed E-state index contributed by atoms with van der Waals surface area (Å²) in [4.78, 5) is 22.8. The molecule has 0 unspecified atom stereocenters. The highest BCUT2D eigenvalue weighted by molar-refractivity contribution is 6.34. The predicted molar refractivity (Wildman–Crippen MR) is 66.7 cm³/mol. The number of carboxylic acid groups (broad SMARTS) is 1. The lowest BCUT2D eigenvalue weighted by Gasteiger charge is -2.15. The molecule has 0 bridgehead atoms. The van der Waals surface area contributed by atoms with Crippen LogP contribution in [0.4, 0.5) is 0 Å². The van der Waals surface area contributed by atoms with Crippen LogP contribution in [0.3, 0.4) is 0 Å². The first-order valence-corrected chi connectivity index (χ1v) is 5.94. The third-order valence-electron chi connectivity index (χ3n) is 2.40. The molecule has 6 nitrogen and oxygen atoms in total. The quantitative estimate of drug-likeness (QED) is 0.759. The van der Waals surface area contributed by atoms with Gasteiger partial charge in [-0.1, -0.05) is 25.4 Å². The Morgan fingerprint density at radius 2 is 2.11 bits per heavy atom. The van der Waals surface area contributed by atoms with E-state index in [2.05, 4.69) is 15.5 Å². The van der Waals surface area contributed by atoms with Gasteiger partial charge < -0.3 is 10.4 Å². The van der Waals surface area contributed by atoms with Gasteiger partial charge in [-0.15, -0.1) is 0 Å². The zero-order chi connectivity index (χ0) is 13.9. The van der Waals surface area contributed by atoms with Crippen LogP contribution in [0.25, 0.3) is 0 Å². The minimum Gasteiger partial charge on any atom is -0.480 e. The van der Waals surface area contributed by atoms with E-state index < -0.39 is 17.9 Å². The maximum atomic E-state index is 11.8. The molecule has 0 saturated carbocycles. The summed E-state index contributed by atoms with van der Waals surface area (Å²) in [5.74, 6) is -1.50. The van der Waals surface area contributed by atoms with E-state index in [1.54, 1.807) is 6.92 Å². The van der Waals surface area contributed by atoms with Crippen LogP contribution in [0, 0.1) is 12.8 Å². The first-order valence-electron chi connectivity index (χ1n) is 5.57. The number of nitrogens with one attached hydrogen (secondary N) is 2. The molecule has 0 saturated heterocycles. The molecular weight excluding hydrogens is 258 g/mol. The highest BCUT2D eigenvalue weighted by Crippen LogP contribution is 2.17. The fourth-order valence-corrected chi connectivity index (χ4v) is 1.66. The molecule has 1 amide bonds. The topological polar surface area (TPSA) is 95.1 Å². The van der Waals surface area contributed by atoms with Gasteiger partial charge in [0.15, 0.2) is 5.69 Å². The number of rotatable bonds is 5. The highest BCUT2D eigenvalue weighted by atomic mass is 35.5. The summed E-state index contributed by atoms with van der Waals surface area (Å²) in [6.07, 6.45) is 0.349. The zero-order valence-corrected chi connectivity index (χ0v) is 11.2. The largest absolute Gasteiger partial charge is 0.480 e. The van der Waals surface area contributed by atoms with E-state index >= 15 is 0 Å². The normalized spacial score (nSPS) is 12.5. The summed E-state index contributed by atoms with van der Waals surface area (Å²) in [6.45, 7) is 5.44. The zero-order valence-electron chi connectivity index (χ0n) is 10.5. The summed E-state index contributed by atoms with van der Waals surface area (Å²) < 4.78 is 0. The molecule has 0 spiro atoms. The van der Waals surface area contributed by atoms with Gasteiger partial charge in [0.25, 0.3) is 5.91 Å². The number of aromatic amines is 1. The number of aliphatic carboxylic acids is 1. The maximum Gasteiger partial charge on any atom is 0.326 e. The third kappa shape index (κ3) is 3.46. The summed E-state index contributed by atoms with van der Waals surface area (Å²) in [7, 11) is 0. The van der Waals surface area contributed by atoms with E-state index in [4.69, 9.17) is 16.7 Å². The first kappa shape index (κ1) is 14.5. The minimum absolute atomic E-state index is 0.0178. The molecule has 0 aliphatic carbocycles. The third-order valence-corrected chi connectivity index (χ3v) is 2.86. The Hall–Kier alpha value is -1.56. The average molecular weight is 274 g/mol. The number of amides is 1. The molecule has 1 aromatic rings. The van der Waals surface area contributed by atoms with Gasteiger partial charge >= 0.3 is 5.97 Å². The van der Waals surface area contributed by atoms with Gasteiger partial charge in [0.2, 0.25) is 0 Å². The summed E-state index contributed by atoms with van der Waals surface area (Å²) in [5, 5.41) is 18.0. The van der Waals surface area contributed by atoms with Crippen LogP contribution >= 0.6 is 11.6 Å². The van der Waals surface area contributed by atoms with E-state index in [1.807, 2.05) is 13.8 Å². The van der Waals surface area contributed by atoms with E-state index in [1.165, 1.54) is 0 Å². The van der Waals surface area contributed by atoms with Crippen molar-refractivity contribution in [1.29, 1.82) is 0 Å². The summed E-state index contributed by atoms with van der Waals surface area (Å²) in [5.41, 5.74) is 0.585. The van der Waals surface area contributed by atoms with Crippen LogP contribution in [0.1, 0.15) is 36.5 Å². The van der Waals surface area contributed by atoms with E-state index in [9.17, 15) is 9.59 Å². The van der Waals surface area contributed by atoms with E-state index in [0.29, 0.717) is 12.1 Å². The molecule has 0 aliphatic rings. The van der Waals surface area contributed by atoms with Crippen molar-refractivity contribution in [2.24, 2.45) is 5.92 Å². The Bertz CT molecular complexity index is 456. The van der Waals surface area contributed by atoms with Gasteiger partial charge in [0, 0.05) is 0 Å². The smallest absolute Gasteiger partial charge is 0.326 e. The second-order valence-electron chi connectivity index (χ2n) is 4.51. The monoisotopic (exact) mass is 273 g/mol. The minimum atomic E-state index is -1.07. The van der Waals surface area contributed by atoms with Gasteiger partial charge in [-0.2, -0.15) is 5.10 Å². The Kier molecular flexibility index (Phi) is 4.72. The number of nitrogens with zero attached hydrogens (tertiary/aromatic N) is 1. The molecule has 1 aromatic heterocycles. The lowest BCUT2D eigenvalue weighted by molar-refractivity contribution is -0.139.